The molecule has 2 unspecified atom stereocenters. The van der Waals surface area contributed by atoms with E-state index in [1.54, 1.807) is 7.11 Å². The number of aliphatic hydroxyl groups is 1. The topological polar surface area (TPSA) is 59.0 Å². The van der Waals surface area contributed by atoms with Gasteiger partial charge in [0.05, 0.1) is 20.3 Å². The summed E-state index contributed by atoms with van der Waals surface area (Å²) in [4.78, 5) is 13.6. The molecule has 1 fully saturated rings. The van der Waals surface area contributed by atoms with E-state index in [4.69, 9.17) is 9.47 Å². The van der Waals surface area contributed by atoms with Gasteiger partial charge in [-0.25, -0.2) is 0 Å². The van der Waals surface area contributed by atoms with E-state index >= 15 is 0 Å². The lowest BCUT2D eigenvalue weighted by Gasteiger charge is -2.22. The van der Waals surface area contributed by atoms with Gasteiger partial charge in [-0.05, 0) is 17.7 Å². The minimum atomic E-state index is -0.470. The number of methoxy groups -OCH3 is 2. The Labute approximate surface area is 112 Å². The van der Waals surface area contributed by atoms with Crippen molar-refractivity contribution >= 4 is 5.97 Å². The largest absolute Gasteiger partial charge is 0.497 e. The van der Waals surface area contributed by atoms with E-state index in [2.05, 4.69) is 0 Å². The number of hydrogen-bond acceptors (Lipinski definition) is 5. The van der Waals surface area contributed by atoms with Gasteiger partial charge in [0.15, 0.2) is 0 Å². The lowest BCUT2D eigenvalue weighted by atomic mass is 10.1. The molecule has 0 amide bonds. The van der Waals surface area contributed by atoms with E-state index in [-0.39, 0.29) is 12.0 Å². The van der Waals surface area contributed by atoms with E-state index in [0.717, 1.165) is 11.3 Å². The van der Waals surface area contributed by atoms with Crippen LogP contribution in [0.1, 0.15) is 12.0 Å². The van der Waals surface area contributed by atoms with E-state index in [0.29, 0.717) is 19.5 Å². The quantitative estimate of drug-likeness (QED) is 0.816. The summed E-state index contributed by atoms with van der Waals surface area (Å²) in [6.07, 6.45) is -0.0367. The third-order valence-electron chi connectivity index (χ3n) is 3.40. The van der Waals surface area contributed by atoms with Gasteiger partial charge >= 0.3 is 5.97 Å². The van der Waals surface area contributed by atoms with E-state index in [1.165, 1.54) is 7.11 Å². The predicted molar refractivity (Wildman–Crippen MR) is 69.8 cm³/mol. The van der Waals surface area contributed by atoms with Crippen LogP contribution >= 0.6 is 0 Å². The number of rotatable bonds is 4. The molecule has 19 heavy (non-hydrogen) atoms. The van der Waals surface area contributed by atoms with E-state index < -0.39 is 6.10 Å². The molecule has 0 radical (unpaired) electrons. The van der Waals surface area contributed by atoms with Gasteiger partial charge in [0, 0.05) is 19.5 Å². The third kappa shape index (κ3) is 3.24. The molecule has 0 aromatic heterocycles. The summed E-state index contributed by atoms with van der Waals surface area (Å²) in [7, 11) is 3.00. The first-order valence-corrected chi connectivity index (χ1v) is 6.27. The summed E-state index contributed by atoms with van der Waals surface area (Å²) in [5.41, 5.74) is 1.07. The highest BCUT2D eigenvalue weighted by Gasteiger charge is 2.36. The van der Waals surface area contributed by atoms with Gasteiger partial charge in [-0.3, -0.25) is 9.69 Å². The minimum Gasteiger partial charge on any atom is -0.497 e. The molecule has 1 aromatic rings. The van der Waals surface area contributed by atoms with Crippen LogP contribution in [0.25, 0.3) is 0 Å². The lowest BCUT2D eigenvalue weighted by Crippen LogP contribution is -2.36. The maximum absolute atomic E-state index is 11.7. The van der Waals surface area contributed by atoms with Crippen molar-refractivity contribution < 1.29 is 19.4 Å². The van der Waals surface area contributed by atoms with E-state index in [1.807, 2.05) is 29.2 Å². The molecule has 5 heteroatoms. The zero-order valence-electron chi connectivity index (χ0n) is 11.2. The Kier molecular flexibility index (Phi) is 4.39. The Morgan fingerprint density at radius 1 is 1.37 bits per heavy atom. The monoisotopic (exact) mass is 265 g/mol. The fraction of sp³-hybridized carbons (Fsp3) is 0.500. The smallest absolute Gasteiger partial charge is 0.323 e. The van der Waals surface area contributed by atoms with Crippen LogP contribution in [0.15, 0.2) is 24.3 Å². The Morgan fingerprint density at radius 2 is 2.05 bits per heavy atom. The molecule has 1 heterocycles. The minimum absolute atomic E-state index is 0.287. The molecular weight excluding hydrogens is 246 g/mol. The Hall–Kier alpha value is -1.59. The number of carbonyl (C=O) groups excluding carboxylic acids is 1. The Balaban J connectivity index is 2.05. The first kappa shape index (κ1) is 13.8. The van der Waals surface area contributed by atoms with Crippen LogP contribution in [0.2, 0.25) is 0 Å². The number of hydrogen-bond donors (Lipinski definition) is 1. The van der Waals surface area contributed by atoms with Gasteiger partial charge in [0.2, 0.25) is 0 Å². The molecule has 104 valence electrons. The second-order valence-electron chi connectivity index (χ2n) is 4.71. The number of β-amino-alcohol motifs (C(OH)–C–C–N with tert-alkyl or cyclic N) is 1. The van der Waals surface area contributed by atoms with Crippen LogP contribution in [0.4, 0.5) is 0 Å². The zero-order chi connectivity index (χ0) is 13.8. The summed E-state index contributed by atoms with van der Waals surface area (Å²) >= 11 is 0. The van der Waals surface area contributed by atoms with Crippen LogP contribution in [0.3, 0.4) is 0 Å². The van der Waals surface area contributed by atoms with Crippen LogP contribution in [0.5, 0.6) is 5.75 Å². The van der Waals surface area contributed by atoms with Gasteiger partial charge in [-0.15, -0.1) is 0 Å². The van der Waals surface area contributed by atoms with Crippen molar-refractivity contribution in [3.63, 3.8) is 0 Å². The van der Waals surface area contributed by atoms with Crippen molar-refractivity contribution in [2.45, 2.75) is 25.1 Å². The van der Waals surface area contributed by atoms with Gasteiger partial charge < -0.3 is 14.6 Å². The highest BCUT2D eigenvalue weighted by Crippen LogP contribution is 2.22. The number of esters is 1. The molecule has 1 saturated heterocycles. The number of carbonyl (C=O) groups is 1. The number of ether oxygens (including phenoxy) is 2. The fourth-order valence-corrected chi connectivity index (χ4v) is 2.40. The van der Waals surface area contributed by atoms with Crippen molar-refractivity contribution in [1.29, 1.82) is 0 Å². The summed E-state index contributed by atoms with van der Waals surface area (Å²) in [5.74, 6) is 0.514. The summed E-state index contributed by atoms with van der Waals surface area (Å²) in [6.45, 7) is 1.10. The maximum atomic E-state index is 11.7. The molecule has 5 nitrogen and oxygen atoms in total. The molecule has 0 aliphatic carbocycles. The number of likely N-dealkylation sites (tertiary alicyclic amines) is 1. The van der Waals surface area contributed by atoms with Crippen LogP contribution < -0.4 is 4.74 Å². The summed E-state index contributed by atoms with van der Waals surface area (Å²) in [6, 6.07) is 7.32. The molecule has 0 saturated carbocycles. The lowest BCUT2D eigenvalue weighted by molar-refractivity contribution is -0.146. The number of nitrogens with zero attached hydrogens (tertiary/aromatic N) is 1. The molecule has 1 aliphatic heterocycles. The van der Waals surface area contributed by atoms with Gasteiger partial charge in [0.1, 0.15) is 11.8 Å². The second kappa shape index (κ2) is 6.04. The van der Waals surface area contributed by atoms with Crippen molar-refractivity contribution in [2.24, 2.45) is 0 Å². The third-order valence-corrected chi connectivity index (χ3v) is 3.40. The first-order chi connectivity index (χ1) is 9.13. The second-order valence-corrected chi connectivity index (χ2v) is 4.71. The summed E-state index contributed by atoms with van der Waals surface area (Å²) in [5, 5.41) is 9.71. The Bertz CT molecular complexity index is 432. The fourth-order valence-electron chi connectivity index (χ4n) is 2.40. The average molecular weight is 265 g/mol. The maximum Gasteiger partial charge on any atom is 0.323 e. The molecule has 0 spiro atoms. The van der Waals surface area contributed by atoms with Gasteiger partial charge in [-0.2, -0.15) is 0 Å². The van der Waals surface area contributed by atoms with Gasteiger partial charge in [0.25, 0.3) is 0 Å². The van der Waals surface area contributed by atoms with Crippen LogP contribution in [0, 0.1) is 0 Å². The molecular formula is C14H19NO4. The molecule has 1 N–H and O–H groups in total. The SMILES string of the molecule is COC(=O)C1CC(O)CN1Cc1ccc(OC)cc1. The number of benzene rings is 1. The highest BCUT2D eigenvalue weighted by atomic mass is 16.5. The zero-order valence-corrected chi connectivity index (χ0v) is 11.2. The van der Waals surface area contributed by atoms with Crippen molar-refractivity contribution in [3.8, 4) is 5.75 Å². The Morgan fingerprint density at radius 3 is 2.63 bits per heavy atom. The van der Waals surface area contributed by atoms with Crippen molar-refractivity contribution in [3.05, 3.63) is 29.8 Å². The molecule has 1 aliphatic rings. The molecule has 0 bridgehead atoms. The molecule has 2 rings (SSSR count). The first-order valence-electron chi connectivity index (χ1n) is 6.27. The van der Waals surface area contributed by atoms with Crippen molar-refractivity contribution in [2.75, 3.05) is 20.8 Å². The number of aliphatic hydroxyl groups excluding tert-OH is 1. The average Bonchev–Trinajstić information content (AvgIpc) is 2.79. The van der Waals surface area contributed by atoms with Crippen LogP contribution in [-0.4, -0.2) is 48.9 Å². The summed E-state index contributed by atoms with van der Waals surface area (Å²) < 4.78 is 9.88. The van der Waals surface area contributed by atoms with Crippen molar-refractivity contribution in [1.82, 2.24) is 4.90 Å². The standard InChI is InChI=1S/C14H19NO4/c1-18-12-5-3-10(4-6-12)8-15-9-11(16)7-13(15)14(17)19-2/h3-6,11,13,16H,7-9H2,1-2H3. The van der Waals surface area contributed by atoms with Gasteiger partial charge in [-0.1, -0.05) is 12.1 Å². The highest BCUT2D eigenvalue weighted by molar-refractivity contribution is 5.76. The predicted octanol–water partition coefficient (Wildman–Crippen LogP) is 0.803. The van der Waals surface area contributed by atoms with Crippen LogP contribution in [-0.2, 0) is 16.1 Å². The van der Waals surface area contributed by atoms with E-state index in [9.17, 15) is 9.90 Å². The molecule has 2 atom stereocenters. The molecule has 1 aromatic carbocycles. The normalized spacial score (nSPS) is 23.3.